The quantitative estimate of drug-likeness (QED) is 0.862. The van der Waals surface area contributed by atoms with Gasteiger partial charge in [-0.05, 0) is 31.2 Å². The third-order valence-corrected chi connectivity index (χ3v) is 5.64. The Balaban J connectivity index is 1.95. The van der Waals surface area contributed by atoms with Gasteiger partial charge in [-0.2, -0.15) is 0 Å². The van der Waals surface area contributed by atoms with Crippen molar-refractivity contribution in [2.45, 2.75) is 11.3 Å². The molecular formula is C13H16BrNO4S. The summed E-state index contributed by atoms with van der Waals surface area (Å²) < 4.78 is 25.1. The molecule has 20 heavy (non-hydrogen) atoms. The summed E-state index contributed by atoms with van der Waals surface area (Å²) in [7, 11) is -3.33. The monoisotopic (exact) mass is 361 g/mol. The van der Waals surface area contributed by atoms with E-state index in [-0.39, 0.29) is 11.7 Å². The molecule has 1 aliphatic heterocycles. The molecular weight excluding hydrogens is 346 g/mol. The Morgan fingerprint density at radius 2 is 2.20 bits per heavy atom. The number of carboxylic acid groups (broad SMARTS) is 1. The minimum absolute atomic E-state index is 0.00971. The summed E-state index contributed by atoms with van der Waals surface area (Å²) in [6.07, 6.45) is 0.590. The second-order valence-corrected chi connectivity index (χ2v) is 7.93. The average Bonchev–Trinajstić information content (AvgIpc) is 2.85. The fourth-order valence-corrected chi connectivity index (χ4v) is 4.14. The Labute approximate surface area is 126 Å². The third-order valence-electron chi connectivity index (χ3n) is 3.45. The molecule has 1 aliphatic rings. The van der Waals surface area contributed by atoms with E-state index in [4.69, 9.17) is 5.11 Å². The second-order valence-electron chi connectivity index (χ2n) is 4.90. The molecule has 0 amide bonds. The number of aliphatic carboxylic acids is 1. The fraction of sp³-hybridized carbons (Fsp3) is 0.462. The van der Waals surface area contributed by atoms with Crippen molar-refractivity contribution in [1.29, 1.82) is 0 Å². The Kier molecular flexibility index (Phi) is 4.82. The first-order valence-electron chi connectivity index (χ1n) is 6.32. The van der Waals surface area contributed by atoms with E-state index in [9.17, 15) is 13.2 Å². The molecule has 1 aromatic rings. The van der Waals surface area contributed by atoms with E-state index in [1.807, 2.05) is 4.90 Å². The van der Waals surface area contributed by atoms with E-state index in [0.29, 0.717) is 31.0 Å². The molecule has 1 heterocycles. The molecule has 2 rings (SSSR count). The number of nitrogens with zero attached hydrogens (tertiary/aromatic N) is 1. The second kappa shape index (κ2) is 6.24. The van der Waals surface area contributed by atoms with Gasteiger partial charge < -0.3 is 10.0 Å². The maximum atomic E-state index is 12.2. The van der Waals surface area contributed by atoms with Gasteiger partial charge in [0.25, 0.3) is 0 Å². The van der Waals surface area contributed by atoms with E-state index in [0.717, 1.165) is 4.47 Å². The van der Waals surface area contributed by atoms with Crippen LogP contribution in [0.5, 0.6) is 0 Å². The number of benzene rings is 1. The van der Waals surface area contributed by atoms with Gasteiger partial charge in [0.2, 0.25) is 0 Å². The number of hydrogen-bond donors (Lipinski definition) is 1. The van der Waals surface area contributed by atoms with Crippen LogP contribution in [0.1, 0.15) is 6.42 Å². The lowest BCUT2D eigenvalue weighted by Gasteiger charge is -2.15. The summed E-state index contributed by atoms with van der Waals surface area (Å²) in [6.45, 7) is 1.45. The molecule has 0 aliphatic carbocycles. The minimum atomic E-state index is -3.33. The van der Waals surface area contributed by atoms with Crippen molar-refractivity contribution < 1.29 is 18.3 Å². The first-order chi connectivity index (χ1) is 9.38. The standard InChI is InChI=1S/C13H16BrNO4S/c14-11-2-1-3-12(8-11)20(18,19)7-6-15-5-4-10(9-15)13(16)17/h1-3,8,10H,4-7,9H2,(H,16,17). The number of carboxylic acids is 1. The first-order valence-corrected chi connectivity index (χ1v) is 8.76. The van der Waals surface area contributed by atoms with Gasteiger partial charge in [0.15, 0.2) is 9.84 Å². The van der Waals surface area contributed by atoms with Crippen LogP contribution in [0.25, 0.3) is 0 Å². The fourth-order valence-electron chi connectivity index (χ4n) is 2.26. The van der Waals surface area contributed by atoms with Crippen LogP contribution in [0.2, 0.25) is 0 Å². The molecule has 110 valence electrons. The molecule has 0 spiro atoms. The zero-order chi connectivity index (χ0) is 14.8. The summed E-state index contributed by atoms with van der Waals surface area (Å²) in [5, 5.41) is 8.92. The molecule has 1 unspecified atom stereocenters. The molecule has 1 fully saturated rings. The van der Waals surface area contributed by atoms with Gasteiger partial charge in [-0.15, -0.1) is 0 Å². The Morgan fingerprint density at radius 3 is 2.80 bits per heavy atom. The van der Waals surface area contributed by atoms with Crippen molar-refractivity contribution in [3.05, 3.63) is 28.7 Å². The molecule has 0 bridgehead atoms. The highest BCUT2D eigenvalue weighted by atomic mass is 79.9. The summed E-state index contributed by atoms with van der Waals surface area (Å²) in [6, 6.07) is 6.62. The highest BCUT2D eigenvalue weighted by molar-refractivity contribution is 9.10. The SMILES string of the molecule is O=C(O)C1CCN(CCS(=O)(=O)c2cccc(Br)c2)C1. The molecule has 1 aromatic carbocycles. The molecule has 0 aromatic heterocycles. The number of carbonyl (C=O) groups is 1. The van der Waals surface area contributed by atoms with Crippen LogP contribution < -0.4 is 0 Å². The summed E-state index contributed by atoms with van der Waals surface area (Å²) >= 11 is 3.26. The molecule has 7 heteroatoms. The molecule has 5 nitrogen and oxygen atoms in total. The highest BCUT2D eigenvalue weighted by Gasteiger charge is 2.28. The van der Waals surface area contributed by atoms with Gasteiger partial charge in [-0.1, -0.05) is 22.0 Å². The van der Waals surface area contributed by atoms with Crippen molar-refractivity contribution >= 4 is 31.7 Å². The zero-order valence-corrected chi connectivity index (χ0v) is 13.2. The Morgan fingerprint density at radius 1 is 1.45 bits per heavy atom. The highest BCUT2D eigenvalue weighted by Crippen LogP contribution is 2.19. The first kappa shape index (κ1) is 15.5. The maximum absolute atomic E-state index is 12.2. The van der Waals surface area contributed by atoms with Crippen LogP contribution >= 0.6 is 15.9 Å². The lowest BCUT2D eigenvalue weighted by atomic mass is 10.1. The normalized spacial score (nSPS) is 20.1. The number of rotatable bonds is 5. The molecule has 1 saturated heterocycles. The van der Waals surface area contributed by atoms with Crippen LogP contribution in [-0.4, -0.2) is 49.8 Å². The van der Waals surface area contributed by atoms with E-state index in [1.165, 1.54) is 0 Å². The van der Waals surface area contributed by atoms with Gasteiger partial charge >= 0.3 is 5.97 Å². The lowest BCUT2D eigenvalue weighted by molar-refractivity contribution is -0.141. The van der Waals surface area contributed by atoms with Crippen LogP contribution in [0, 0.1) is 5.92 Å². The van der Waals surface area contributed by atoms with E-state index >= 15 is 0 Å². The van der Waals surface area contributed by atoms with Crippen molar-refractivity contribution in [2.24, 2.45) is 5.92 Å². The Bertz CT molecular complexity index is 602. The summed E-state index contributed by atoms with van der Waals surface area (Å²) in [5.41, 5.74) is 0. The van der Waals surface area contributed by atoms with Crippen LogP contribution in [0.15, 0.2) is 33.6 Å². The molecule has 1 N–H and O–H groups in total. The van der Waals surface area contributed by atoms with Crippen LogP contribution in [-0.2, 0) is 14.6 Å². The van der Waals surface area contributed by atoms with E-state index in [2.05, 4.69) is 15.9 Å². The summed E-state index contributed by atoms with van der Waals surface area (Å²) in [5.74, 6) is -1.17. The minimum Gasteiger partial charge on any atom is -0.481 e. The average molecular weight is 362 g/mol. The van der Waals surface area contributed by atoms with Gasteiger partial charge in [-0.3, -0.25) is 4.79 Å². The van der Waals surface area contributed by atoms with Crippen LogP contribution in [0.4, 0.5) is 0 Å². The smallest absolute Gasteiger partial charge is 0.307 e. The van der Waals surface area contributed by atoms with Crippen molar-refractivity contribution in [3.63, 3.8) is 0 Å². The number of hydrogen-bond acceptors (Lipinski definition) is 4. The topological polar surface area (TPSA) is 74.7 Å². The van der Waals surface area contributed by atoms with E-state index in [1.54, 1.807) is 24.3 Å². The van der Waals surface area contributed by atoms with Gasteiger partial charge in [-0.25, -0.2) is 8.42 Å². The predicted molar refractivity (Wildman–Crippen MR) is 78.4 cm³/mol. The Hall–Kier alpha value is -0.920. The number of likely N-dealkylation sites (tertiary alicyclic amines) is 1. The largest absolute Gasteiger partial charge is 0.481 e. The van der Waals surface area contributed by atoms with Gasteiger partial charge in [0.1, 0.15) is 0 Å². The van der Waals surface area contributed by atoms with Gasteiger partial charge in [0, 0.05) is 17.6 Å². The van der Waals surface area contributed by atoms with E-state index < -0.39 is 15.8 Å². The molecule has 0 radical (unpaired) electrons. The van der Waals surface area contributed by atoms with Crippen LogP contribution in [0.3, 0.4) is 0 Å². The van der Waals surface area contributed by atoms with Crippen molar-refractivity contribution in [1.82, 2.24) is 4.90 Å². The molecule has 0 saturated carbocycles. The number of halogens is 1. The molecule has 1 atom stereocenters. The number of sulfone groups is 1. The third kappa shape index (κ3) is 3.80. The lowest BCUT2D eigenvalue weighted by Crippen LogP contribution is -2.28. The van der Waals surface area contributed by atoms with Crippen molar-refractivity contribution in [3.8, 4) is 0 Å². The zero-order valence-electron chi connectivity index (χ0n) is 10.8. The van der Waals surface area contributed by atoms with Gasteiger partial charge in [0.05, 0.1) is 16.6 Å². The summed E-state index contributed by atoms with van der Waals surface area (Å²) in [4.78, 5) is 13.0. The van der Waals surface area contributed by atoms with Crippen molar-refractivity contribution in [2.75, 3.05) is 25.4 Å². The predicted octanol–water partition coefficient (Wildman–Crippen LogP) is 1.63. The maximum Gasteiger partial charge on any atom is 0.307 e.